The van der Waals surface area contributed by atoms with Crippen molar-refractivity contribution in [2.24, 2.45) is 0 Å². The van der Waals surface area contributed by atoms with Crippen LogP contribution in [0.1, 0.15) is 11.1 Å². The van der Waals surface area contributed by atoms with Crippen molar-refractivity contribution in [3.8, 4) is 5.06 Å². The molecule has 0 radical (unpaired) electrons. The minimum Gasteiger partial charge on any atom is -0.479 e. The fourth-order valence-corrected chi connectivity index (χ4v) is 3.48. The Labute approximate surface area is 147 Å². The van der Waals surface area contributed by atoms with Gasteiger partial charge in [0.25, 0.3) is 0 Å². The summed E-state index contributed by atoms with van der Waals surface area (Å²) in [6, 6.07) is 9.59. The normalized spacial score (nSPS) is 15.6. The number of amides is 2. The summed E-state index contributed by atoms with van der Waals surface area (Å²) in [7, 11) is 3.50. The topological polar surface area (TPSA) is 48.0 Å². The number of nitrogens with zero attached hydrogens (tertiary/aromatic N) is 3. The molecule has 2 amide bonds. The number of thiophene rings is 1. The lowest BCUT2D eigenvalue weighted by molar-refractivity contribution is 0.0652. The summed E-state index contributed by atoms with van der Waals surface area (Å²) in [6.45, 7) is 2.41. The van der Waals surface area contributed by atoms with E-state index >= 15 is 0 Å². The van der Waals surface area contributed by atoms with Crippen LogP contribution >= 0.6 is 27.3 Å². The summed E-state index contributed by atoms with van der Waals surface area (Å²) < 4.78 is 6.90. The van der Waals surface area contributed by atoms with E-state index in [1.165, 1.54) is 21.4 Å². The molecule has 2 aromatic rings. The van der Waals surface area contributed by atoms with Crippen molar-refractivity contribution >= 4 is 39.0 Å². The Bertz CT molecular complexity index is 736. The third kappa shape index (κ3) is 3.20. The molecular formula is C15H17BrN4O2S. The maximum atomic E-state index is 12.4. The first-order chi connectivity index (χ1) is 11.0. The van der Waals surface area contributed by atoms with Gasteiger partial charge in [-0.15, -0.1) is 10.7 Å². The Balaban J connectivity index is 1.87. The lowest BCUT2D eigenvalue weighted by Gasteiger charge is -2.20. The van der Waals surface area contributed by atoms with Crippen LogP contribution in [0.15, 0.2) is 34.1 Å². The molecule has 1 fully saturated rings. The number of halogens is 1. The van der Waals surface area contributed by atoms with E-state index < -0.39 is 0 Å². The molecule has 0 saturated carbocycles. The van der Waals surface area contributed by atoms with Crippen molar-refractivity contribution in [1.29, 1.82) is 0 Å². The van der Waals surface area contributed by atoms with Gasteiger partial charge in [0, 0.05) is 19.7 Å². The molecule has 1 aliphatic heterocycles. The Morgan fingerprint density at radius 2 is 2.04 bits per heavy atom. The number of rotatable bonds is 4. The first-order valence-corrected chi connectivity index (χ1v) is 8.62. The van der Waals surface area contributed by atoms with E-state index in [-0.39, 0.29) is 6.03 Å². The van der Waals surface area contributed by atoms with Crippen LogP contribution in [-0.4, -0.2) is 30.3 Å². The second-order valence-electron chi connectivity index (χ2n) is 5.19. The molecule has 122 valence electrons. The van der Waals surface area contributed by atoms with Crippen LogP contribution in [-0.2, 0) is 6.61 Å². The van der Waals surface area contributed by atoms with Gasteiger partial charge >= 0.3 is 6.03 Å². The van der Waals surface area contributed by atoms with Crippen LogP contribution in [0.25, 0.3) is 0 Å². The van der Waals surface area contributed by atoms with Crippen LogP contribution in [0.4, 0.5) is 10.5 Å². The van der Waals surface area contributed by atoms with Crippen molar-refractivity contribution in [1.82, 2.24) is 15.7 Å². The number of carbonyl (C=O) groups is 1. The van der Waals surface area contributed by atoms with E-state index in [2.05, 4.69) is 21.5 Å². The Kier molecular flexibility index (Phi) is 4.58. The predicted octanol–water partition coefficient (Wildman–Crippen LogP) is 3.54. The zero-order chi connectivity index (χ0) is 16.6. The number of urea groups is 1. The second-order valence-corrected chi connectivity index (χ2v) is 7.61. The van der Waals surface area contributed by atoms with Crippen LogP contribution in [0.2, 0.25) is 0 Å². The zero-order valence-electron chi connectivity index (χ0n) is 13.0. The van der Waals surface area contributed by atoms with Gasteiger partial charge in [0.05, 0.1) is 9.47 Å². The van der Waals surface area contributed by atoms with Crippen molar-refractivity contribution in [2.45, 2.75) is 13.5 Å². The average Bonchev–Trinajstić information content (AvgIpc) is 3.04. The van der Waals surface area contributed by atoms with Crippen LogP contribution in [0.5, 0.6) is 5.06 Å². The van der Waals surface area contributed by atoms with Gasteiger partial charge in [-0.1, -0.05) is 23.5 Å². The Morgan fingerprint density at radius 3 is 2.65 bits per heavy atom. The Morgan fingerprint density at radius 1 is 1.26 bits per heavy atom. The highest BCUT2D eigenvalue weighted by atomic mass is 79.9. The van der Waals surface area contributed by atoms with Crippen molar-refractivity contribution < 1.29 is 9.53 Å². The second kappa shape index (κ2) is 6.48. The van der Waals surface area contributed by atoms with Gasteiger partial charge < -0.3 is 4.74 Å². The number of hydrogen-bond acceptors (Lipinski definition) is 5. The van der Waals surface area contributed by atoms with Gasteiger partial charge in [0.1, 0.15) is 6.61 Å². The molecule has 1 aromatic heterocycles. The fourth-order valence-electron chi connectivity index (χ4n) is 2.29. The number of aryl methyl sites for hydroxylation is 1. The lowest BCUT2D eigenvalue weighted by atomic mass is 10.1. The smallest absolute Gasteiger partial charge is 0.355 e. The van der Waals surface area contributed by atoms with Gasteiger partial charge in [-0.3, -0.25) is 0 Å². The van der Waals surface area contributed by atoms with Gasteiger partial charge in [-0.2, -0.15) is 0 Å². The zero-order valence-corrected chi connectivity index (χ0v) is 15.4. The highest BCUT2D eigenvalue weighted by Gasteiger charge is 2.32. The van der Waals surface area contributed by atoms with Gasteiger partial charge in [0.2, 0.25) is 0 Å². The van der Waals surface area contributed by atoms with Crippen molar-refractivity contribution in [2.75, 3.05) is 19.1 Å². The van der Waals surface area contributed by atoms with E-state index in [1.807, 2.05) is 37.3 Å². The maximum Gasteiger partial charge on any atom is 0.355 e. The first-order valence-electron chi connectivity index (χ1n) is 7.01. The van der Waals surface area contributed by atoms with Gasteiger partial charge in [-0.25, -0.2) is 14.8 Å². The Hall–Kier alpha value is -1.61. The number of anilines is 1. The van der Waals surface area contributed by atoms with Crippen LogP contribution < -0.4 is 15.3 Å². The molecule has 23 heavy (non-hydrogen) atoms. The molecule has 1 aromatic carbocycles. The standard InChI is InChI=1S/C15H17BrN4O2S/c1-10-5-4-6-12(20-15(21)18(2)19(3)17-20)11(10)9-22-14-8-7-13(16)23-14/h4-8,17H,9H2,1-3H3. The van der Waals surface area contributed by atoms with Crippen molar-refractivity contribution in [3.05, 3.63) is 45.2 Å². The minimum atomic E-state index is -0.141. The molecule has 0 aliphatic carbocycles. The molecule has 8 heteroatoms. The first kappa shape index (κ1) is 16.3. The van der Waals surface area contributed by atoms with E-state index in [0.717, 1.165) is 25.7 Å². The molecule has 3 rings (SSSR count). The molecule has 0 unspecified atom stereocenters. The maximum absolute atomic E-state index is 12.4. The monoisotopic (exact) mass is 396 g/mol. The summed E-state index contributed by atoms with van der Waals surface area (Å²) >= 11 is 4.96. The highest BCUT2D eigenvalue weighted by Crippen LogP contribution is 2.31. The fraction of sp³-hybridized carbons (Fsp3) is 0.267. The largest absolute Gasteiger partial charge is 0.479 e. The van der Waals surface area contributed by atoms with E-state index in [9.17, 15) is 4.79 Å². The molecule has 1 aliphatic rings. The molecule has 6 nitrogen and oxygen atoms in total. The van der Waals surface area contributed by atoms with E-state index in [0.29, 0.717) is 6.61 Å². The third-order valence-corrected chi connectivity index (χ3v) is 5.23. The number of nitrogens with one attached hydrogen (secondary N) is 1. The quantitative estimate of drug-likeness (QED) is 0.858. The lowest BCUT2D eigenvalue weighted by Crippen LogP contribution is -2.39. The summed E-state index contributed by atoms with van der Waals surface area (Å²) in [5, 5.41) is 5.49. The number of hydrogen-bond donors (Lipinski definition) is 1. The summed E-state index contributed by atoms with van der Waals surface area (Å²) in [5.74, 6) is 0. The SMILES string of the molecule is Cc1cccc(N2NN(C)N(C)C2=O)c1COc1ccc(Br)s1. The molecule has 2 heterocycles. The highest BCUT2D eigenvalue weighted by molar-refractivity contribution is 9.11. The number of benzene rings is 1. The molecular weight excluding hydrogens is 380 g/mol. The molecule has 0 bridgehead atoms. The van der Waals surface area contributed by atoms with Gasteiger partial charge in [0.15, 0.2) is 5.06 Å². The number of carbonyl (C=O) groups excluding carboxylic acids is 1. The molecule has 1 N–H and O–H groups in total. The molecule has 0 spiro atoms. The van der Waals surface area contributed by atoms with Crippen LogP contribution in [0, 0.1) is 6.92 Å². The average molecular weight is 397 g/mol. The minimum absolute atomic E-state index is 0.141. The van der Waals surface area contributed by atoms with Crippen LogP contribution in [0.3, 0.4) is 0 Å². The molecule has 1 saturated heterocycles. The third-order valence-electron chi connectivity index (χ3n) is 3.70. The predicted molar refractivity (Wildman–Crippen MR) is 94.1 cm³/mol. The van der Waals surface area contributed by atoms with E-state index in [4.69, 9.17) is 4.74 Å². The molecule has 0 atom stereocenters. The number of hydrazine groups is 3. The van der Waals surface area contributed by atoms with Crippen molar-refractivity contribution in [3.63, 3.8) is 0 Å². The van der Waals surface area contributed by atoms with Gasteiger partial charge in [-0.05, 0) is 46.6 Å². The van der Waals surface area contributed by atoms with E-state index in [1.54, 1.807) is 19.2 Å². The summed E-state index contributed by atoms with van der Waals surface area (Å²) in [6.07, 6.45) is 0. The number of ether oxygens (including phenoxy) is 1. The summed E-state index contributed by atoms with van der Waals surface area (Å²) in [5.41, 5.74) is 5.86. The summed E-state index contributed by atoms with van der Waals surface area (Å²) in [4.78, 5) is 12.4.